The second kappa shape index (κ2) is 13.3. The number of rotatable bonds is 8. The fourth-order valence-corrected chi connectivity index (χ4v) is 7.93. The van der Waals surface area contributed by atoms with Crippen LogP contribution in [0.1, 0.15) is 66.8 Å². The zero-order valence-electron chi connectivity index (χ0n) is 26.6. The molecular formula is C33H38F2N3O8PS. The number of hydrogen-bond donors (Lipinski definition) is 4. The highest BCUT2D eigenvalue weighted by molar-refractivity contribution is 7.52. The number of piperidine rings is 1. The number of carboxylic acid groups (broad SMARTS) is 1. The minimum Gasteiger partial charge on any atom is -0.481 e. The van der Waals surface area contributed by atoms with Crippen molar-refractivity contribution in [2.45, 2.75) is 63.7 Å². The maximum atomic E-state index is 14.3. The molecule has 0 saturated carbocycles. The fourth-order valence-electron chi connectivity index (χ4n) is 6.51. The summed E-state index contributed by atoms with van der Waals surface area (Å²) >= 11 is 0.975. The van der Waals surface area contributed by atoms with E-state index in [-0.39, 0.29) is 35.7 Å². The van der Waals surface area contributed by atoms with E-state index in [2.05, 4.69) is 5.32 Å². The van der Waals surface area contributed by atoms with Gasteiger partial charge in [0.15, 0.2) is 0 Å². The quantitative estimate of drug-likeness (QED) is 0.239. The number of benzene rings is 2. The number of carbonyl (C=O) groups excluding carboxylic acids is 3. The molecule has 48 heavy (non-hydrogen) atoms. The molecule has 3 heterocycles. The van der Waals surface area contributed by atoms with Crippen LogP contribution in [0.3, 0.4) is 0 Å². The van der Waals surface area contributed by atoms with Gasteiger partial charge in [0.2, 0.25) is 11.8 Å². The Labute approximate surface area is 280 Å². The molecule has 15 heteroatoms. The molecule has 2 aliphatic heterocycles. The van der Waals surface area contributed by atoms with Crippen molar-refractivity contribution >= 4 is 52.7 Å². The summed E-state index contributed by atoms with van der Waals surface area (Å²) in [5.41, 5.74) is -5.27. The van der Waals surface area contributed by atoms with E-state index in [1.54, 1.807) is 25.7 Å². The van der Waals surface area contributed by atoms with Crippen molar-refractivity contribution < 1.29 is 47.4 Å². The smallest absolute Gasteiger partial charge is 0.399 e. The molecule has 0 radical (unpaired) electrons. The Morgan fingerprint density at radius 3 is 2.31 bits per heavy atom. The van der Waals surface area contributed by atoms with E-state index >= 15 is 0 Å². The number of hydrogen-bond acceptors (Lipinski definition) is 6. The Morgan fingerprint density at radius 1 is 1.00 bits per heavy atom. The van der Waals surface area contributed by atoms with Crippen molar-refractivity contribution in [3.63, 3.8) is 0 Å². The standard InChI is InChI=1S/C33H38F2N3O8PS/c1-32(2,3)27(36-28(39)26-17-20-16-21(11-12-25(20)48-26)33(34,35)47(44,45)46)30(41)38-14-7-10-24(38)29(40)37-15-13-22(31(42)43)23(18-37)19-8-5-4-6-9-19/h4-6,8-9,11-12,16-17,22-24,27H,7,10,13-15,18H2,1-3H3,(H,36,39)(H,42,43)(H2,44,45,46)/t22?,23?,24-,27+/m0/s1. The van der Waals surface area contributed by atoms with Crippen LogP contribution in [-0.4, -0.2) is 80.1 Å². The van der Waals surface area contributed by atoms with Gasteiger partial charge in [0.25, 0.3) is 5.91 Å². The molecule has 2 unspecified atom stereocenters. The molecule has 0 spiro atoms. The van der Waals surface area contributed by atoms with Crippen molar-refractivity contribution in [3.8, 4) is 0 Å². The third-order valence-electron chi connectivity index (χ3n) is 9.13. The monoisotopic (exact) mass is 705 g/mol. The number of amides is 3. The molecule has 0 bridgehead atoms. The second-order valence-electron chi connectivity index (χ2n) is 13.4. The molecule has 258 valence electrons. The van der Waals surface area contributed by atoms with Crippen LogP contribution in [0.25, 0.3) is 10.1 Å². The Balaban J connectivity index is 1.34. The minimum absolute atomic E-state index is 0.103. The highest BCUT2D eigenvalue weighted by Gasteiger charge is 2.50. The number of halogens is 2. The van der Waals surface area contributed by atoms with Crippen molar-refractivity contribution in [2.75, 3.05) is 19.6 Å². The Kier molecular flexibility index (Phi) is 9.86. The molecule has 11 nitrogen and oxygen atoms in total. The molecule has 2 aliphatic rings. The molecule has 2 saturated heterocycles. The Morgan fingerprint density at radius 2 is 1.69 bits per heavy atom. The minimum atomic E-state index is -5.79. The molecule has 2 aromatic carbocycles. The largest absolute Gasteiger partial charge is 0.481 e. The normalized spacial score (nSPS) is 21.3. The van der Waals surface area contributed by atoms with Gasteiger partial charge < -0.3 is 30.0 Å². The molecule has 5 rings (SSSR count). The number of likely N-dealkylation sites (tertiary alicyclic amines) is 2. The summed E-state index contributed by atoms with van der Waals surface area (Å²) in [5, 5.41) is 12.8. The Hall–Kier alpha value is -3.71. The molecular weight excluding hydrogens is 667 g/mol. The van der Waals surface area contributed by atoms with E-state index in [0.29, 0.717) is 24.1 Å². The summed E-state index contributed by atoms with van der Waals surface area (Å²) in [6.07, 6.45) is 1.26. The van der Waals surface area contributed by atoms with E-state index < -0.39 is 65.9 Å². The fraction of sp³-hybridized carbons (Fsp3) is 0.455. The molecule has 3 amide bonds. The first kappa shape index (κ1) is 35.6. The van der Waals surface area contributed by atoms with E-state index in [0.717, 1.165) is 29.0 Å². The molecule has 4 atom stereocenters. The number of nitrogens with zero attached hydrogens (tertiary/aromatic N) is 2. The number of aliphatic carboxylic acids is 1. The molecule has 4 N–H and O–H groups in total. The third-order valence-corrected chi connectivity index (χ3v) is 11.2. The highest BCUT2D eigenvalue weighted by atomic mass is 32.1. The zero-order chi connectivity index (χ0) is 35.2. The predicted molar refractivity (Wildman–Crippen MR) is 175 cm³/mol. The first-order valence-corrected chi connectivity index (χ1v) is 18.0. The number of alkyl halides is 2. The van der Waals surface area contributed by atoms with Gasteiger partial charge in [-0.2, -0.15) is 8.78 Å². The number of carbonyl (C=O) groups is 4. The summed E-state index contributed by atoms with van der Waals surface area (Å²) in [4.78, 5) is 75.1. The van der Waals surface area contributed by atoms with Gasteiger partial charge in [0.1, 0.15) is 12.1 Å². The lowest BCUT2D eigenvalue weighted by atomic mass is 9.80. The van der Waals surface area contributed by atoms with Gasteiger partial charge in [-0.25, -0.2) is 0 Å². The van der Waals surface area contributed by atoms with Gasteiger partial charge in [0.05, 0.1) is 10.8 Å². The van der Waals surface area contributed by atoms with E-state index in [1.807, 2.05) is 30.3 Å². The van der Waals surface area contributed by atoms with E-state index in [4.69, 9.17) is 9.79 Å². The third kappa shape index (κ3) is 7.03. The molecule has 1 aromatic heterocycles. The number of fused-ring (bicyclic) bond motifs is 1. The first-order valence-electron chi connectivity index (χ1n) is 15.6. The SMILES string of the molecule is CC(C)(C)[C@H](NC(=O)c1cc2cc(C(F)(F)P(=O)(O)O)ccc2s1)C(=O)N1CCC[C@H]1C(=O)N1CCC(C(=O)O)C(c2ccccc2)C1. The van der Waals surface area contributed by atoms with Gasteiger partial charge in [0, 0.05) is 35.8 Å². The van der Waals surface area contributed by atoms with Crippen LogP contribution in [0, 0.1) is 11.3 Å². The molecule has 3 aromatic rings. The summed E-state index contributed by atoms with van der Waals surface area (Å²) in [6.45, 7) is 6.04. The average Bonchev–Trinajstić information content (AvgIpc) is 3.69. The lowest BCUT2D eigenvalue weighted by molar-refractivity contribution is -0.150. The van der Waals surface area contributed by atoms with Crippen LogP contribution in [0.2, 0.25) is 0 Å². The predicted octanol–water partition coefficient (Wildman–Crippen LogP) is 4.98. The van der Waals surface area contributed by atoms with Crippen LogP contribution >= 0.6 is 18.9 Å². The average molecular weight is 706 g/mol. The van der Waals surface area contributed by atoms with Crippen molar-refractivity contribution in [2.24, 2.45) is 11.3 Å². The van der Waals surface area contributed by atoms with Gasteiger partial charge in [-0.1, -0.05) is 57.2 Å². The maximum absolute atomic E-state index is 14.3. The van der Waals surface area contributed by atoms with E-state index in [9.17, 15) is 37.6 Å². The number of carboxylic acids is 1. The maximum Gasteiger partial charge on any atom is 0.399 e. The number of nitrogens with one attached hydrogen (secondary N) is 1. The van der Waals surface area contributed by atoms with Crippen LogP contribution in [0.5, 0.6) is 0 Å². The van der Waals surface area contributed by atoms with Crippen LogP contribution in [-0.2, 0) is 24.6 Å². The topological polar surface area (TPSA) is 165 Å². The lowest BCUT2D eigenvalue weighted by Gasteiger charge is -2.40. The summed E-state index contributed by atoms with van der Waals surface area (Å²) in [5.74, 6) is -3.34. The molecule has 0 aliphatic carbocycles. The summed E-state index contributed by atoms with van der Waals surface area (Å²) in [7, 11) is -5.79. The van der Waals surface area contributed by atoms with Crippen LogP contribution in [0.15, 0.2) is 54.6 Å². The van der Waals surface area contributed by atoms with Crippen LogP contribution < -0.4 is 5.32 Å². The van der Waals surface area contributed by atoms with Crippen molar-refractivity contribution in [3.05, 3.63) is 70.6 Å². The lowest BCUT2D eigenvalue weighted by Crippen LogP contribution is -2.58. The number of thiophene rings is 1. The van der Waals surface area contributed by atoms with Gasteiger partial charge in [-0.15, -0.1) is 11.3 Å². The van der Waals surface area contributed by atoms with E-state index in [1.165, 1.54) is 17.0 Å². The van der Waals surface area contributed by atoms with Crippen molar-refractivity contribution in [1.29, 1.82) is 0 Å². The van der Waals surface area contributed by atoms with Gasteiger partial charge >= 0.3 is 19.2 Å². The summed E-state index contributed by atoms with van der Waals surface area (Å²) in [6, 6.07) is 11.8. The second-order valence-corrected chi connectivity index (χ2v) is 16.2. The first-order chi connectivity index (χ1) is 22.4. The van der Waals surface area contributed by atoms with Crippen molar-refractivity contribution in [1.82, 2.24) is 15.1 Å². The molecule has 2 fully saturated rings. The Bertz CT molecular complexity index is 1770. The highest BCUT2D eigenvalue weighted by Crippen LogP contribution is 2.59. The summed E-state index contributed by atoms with van der Waals surface area (Å²) < 4.78 is 40.4. The van der Waals surface area contributed by atoms with Crippen LogP contribution in [0.4, 0.5) is 8.78 Å². The van der Waals surface area contributed by atoms with Gasteiger partial charge in [-0.3, -0.25) is 23.7 Å². The van der Waals surface area contributed by atoms with Gasteiger partial charge in [-0.05, 0) is 53.8 Å². The zero-order valence-corrected chi connectivity index (χ0v) is 28.3.